The number of hydrogen-bond donors (Lipinski definition) is 2. The Labute approximate surface area is 125 Å². The Morgan fingerprint density at radius 1 is 1.33 bits per heavy atom. The van der Waals surface area contributed by atoms with Gasteiger partial charge >= 0.3 is 5.69 Å². The number of benzene rings is 1. The highest BCUT2D eigenvalue weighted by Crippen LogP contribution is 2.34. The molecule has 6 nitrogen and oxygen atoms in total. The summed E-state index contributed by atoms with van der Waals surface area (Å²) in [6, 6.07) is 4.90. The minimum absolute atomic E-state index is 0.0869. The molecule has 0 fully saturated rings. The summed E-state index contributed by atoms with van der Waals surface area (Å²) >= 11 is 0. The zero-order valence-electron chi connectivity index (χ0n) is 12.8. The highest BCUT2D eigenvalue weighted by Gasteiger charge is 2.22. The molecule has 0 aliphatic heterocycles. The third-order valence-electron chi connectivity index (χ3n) is 3.58. The molecule has 6 heteroatoms. The molecule has 1 aromatic carbocycles. The van der Waals surface area contributed by atoms with E-state index >= 15 is 0 Å². The lowest BCUT2D eigenvalue weighted by Gasteiger charge is -2.21. The predicted octanol–water partition coefficient (Wildman–Crippen LogP) is 3.20. The van der Waals surface area contributed by atoms with Crippen molar-refractivity contribution >= 4 is 11.4 Å². The van der Waals surface area contributed by atoms with E-state index in [1.54, 1.807) is 25.1 Å². The second-order valence-electron chi connectivity index (χ2n) is 4.87. The number of anilines is 1. The normalized spacial score (nSPS) is 12.2. The molecule has 1 rings (SSSR count). The number of hydrogen-bond acceptors (Lipinski definition) is 5. The number of aliphatic hydroxyl groups excluding tert-OH is 1. The summed E-state index contributed by atoms with van der Waals surface area (Å²) in [6.45, 7) is 6.47. The van der Waals surface area contributed by atoms with Gasteiger partial charge in [0, 0.05) is 6.54 Å². The van der Waals surface area contributed by atoms with Crippen LogP contribution in [0.25, 0.3) is 0 Å². The smallest absolute Gasteiger partial charge is 0.333 e. The molecule has 0 aliphatic rings. The number of rotatable bonds is 9. The third kappa shape index (κ3) is 4.60. The maximum atomic E-state index is 11.2. The fourth-order valence-electron chi connectivity index (χ4n) is 2.34. The first-order valence-electron chi connectivity index (χ1n) is 7.37. The number of ether oxygens (including phenoxy) is 1. The first kappa shape index (κ1) is 17.2. The second-order valence-corrected chi connectivity index (χ2v) is 4.87. The summed E-state index contributed by atoms with van der Waals surface area (Å²) in [5.41, 5.74) is 0.284. The van der Waals surface area contributed by atoms with Crippen molar-refractivity contribution in [3.8, 4) is 5.75 Å². The van der Waals surface area contributed by atoms with Gasteiger partial charge in [-0.3, -0.25) is 10.1 Å². The molecule has 0 heterocycles. The molecule has 0 aromatic heterocycles. The molecule has 2 N–H and O–H groups in total. The molecule has 0 amide bonds. The average molecular weight is 296 g/mol. The maximum absolute atomic E-state index is 11.2. The van der Waals surface area contributed by atoms with E-state index < -0.39 is 11.0 Å². The monoisotopic (exact) mass is 296 g/mol. The number of aliphatic hydroxyl groups is 1. The van der Waals surface area contributed by atoms with E-state index in [2.05, 4.69) is 5.32 Å². The lowest BCUT2D eigenvalue weighted by atomic mass is 9.96. The first-order valence-corrected chi connectivity index (χ1v) is 7.37. The fraction of sp³-hybridized carbons (Fsp3) is 0.600. The molecule has 0 bridgehead atoms. The lowest BCUT2D eigenvalue weighted by Crippen LogP contribution is -2.27. The molecule has 1 atom stereocenters. The molecule has 0 saturated heterocycles. The zero-order chi connectivity index (χ0) is 15.8. The van der Waals surface area contributed by atoms with Crippen molar-refractivity contribution in [3.63, 3.8) is 0 Å². The SMILES string of the molecule is CCOc1cccc(NCC(O)C(CC)CC)c1[N+](=O)[O-]. The van der Waals surface area contributed by atoms with Gasteiger partial charge < -0.3 is 15.2 Å². The van der Waals surface area contributed by atoms with Crippen molar-refractivity contribution < 1.29 is 14.8 Å². The van der Waals surface area contributed by atoms with Crippen molar-refractivity contribution in [1.82, 2.24) is 0 Å². The molecule has 1 aromatic rings. The average Bonchev–Trinajstić information content (AvgIpc) is 2.46. The Kier molecular flexibility index (Phi) is 6.94. The van der Waals surface area contributed by atoms with E-state index in [0.717, 1.165) is 12.8 Å². The van der Waals surface area contributed by atoms with Crippen LogP contribution in [0.3, 0.4) is 0 Å². The fourth-order valence-corrected chi connectivity index (χ4v) is 2.34. The van der Waals surface area contributed by atoms with Crippen molar-refractivity contribution in [2.45, 2.75) is 39.7 Å². The summed E-state index contributed by atoms with van der Waals surface area (Å²) in [7, 11) is 0. The van der Waals surface area contributed by atoms with Crippen LogP contribution in [0.4, 0.5) is 11.4 Å². The van der Waals surface area contributed by atoms with Gasteiger partial charge in [0.2, 0.25) is 0 Å². The van der Waals surface area contributed by atoms with Gasteiger partial charge in [-0.1, -0.05) is 32.8 Å². The Morgan fingerprint density at radius 3 is 2.52 bits per heavy atom. The Hall–Kier alpha value is -1.82. The number of para-hydroxylation sites is 1. The first-order chi connectivity index (χ1) is 10.0. The van der Waals surface area contributed by atoms with Crippen LogP contribution in [0.5, 0.6) is 5.75 Å². The summed E-state index contributed by atoms with van der Waals surface area (Å²) in [6.07, 6.45) is 1.22. The molecular formula is C15H24N2O4. The van der Waals surface area contributed by atoms with Gasteiger partial charge in [-0.25, -0.2) is 0 Å². The van der Waals surface area contributed by atoms with Crippen LogP contribution in [-0.2, 0) is 0 Å². The quantitative estimate of drug-likeness (QED) is 0.540. The molecule has 1 unspecified atom stereocenters. The van der Waals surface area contributed by atoms with Crippen LogP contribution in [-0.4, -0.2) is 29.3 Å². The van der Waals surface area contributed by atoms with E-state index in [0.29, 0.717) is 12.3 Å². The Balaban J connectivity index is 2.88. The van der Waals surface area contributed by atoms with Crippen molar-refractivity contribution in [1.29, 1.82) is 0 Å². The minimum atomic E-state index is -0.532. The molecule has 118 valence electrons. The van der Waals surface area contributed by atoms with E-state index in [9.17, 15) is 15.2 Å². The molecule has 0 radical (unpaired) electrons. The molecule has 21 heavy (non-hydrogen) atoms. The summed E-state index contributed by atoms with van der Waals surface area (Å²) < 4.78 is 5.29. The number of nitrogens with zero attached hydrogens (tertiary/aromatic N) is 1. The summed E-state index contributed by atoms with van der Waals surface area (Å²) in [5.74, 6) is 0.427. The van der Waals surface area contributed by atoms with Crippen LogP contribution >= 0.6 is 0 Å². The van der Waals surface area contributed by atoms with E-state index in [-0.39, 0.29) is 23.9 Å². The van der Waals surface area contributed by atoms with Crippen LogP contribution < -0.4 is 10.1 Å². The minimum Gasteiger partial charge on any atom is -0.487 e. The Bertz CT molecular complexity index is 461. The van der Waals surface area contributed by atoms with Gasteiger partial charge in [-0.05, 0) is 25.0 Å². The molecule has 0 aliphatic carbocycles. The molecule has 0 spiro atoms. The van der Waals surface area contributed by atoms with Gasteiger partial charge in [0.1, 0.15) is 5.69 Å². The molecule has 0 saturated carbocycles. The highest BCUT2D eigenvalue weighted by molar-refractivity contribution is 5.68. The van der Waals surface area contributed by atoms with Crippen LogP contribution in [0.1, 0.15) is 33.6 Å². The van der Waals surface area contributed by atoms with Crippen molar-refractivity contribution in [2.24, 2.45) is 5.92 Å². The number of nitro groups is 1. The predicted molar refractivity (Wildman–Crippen MR) is 82.8 cm³/mol. The maximum Gasteiger partial charge on any atom is 0.333 e. The highest BCUT2D eigenvalue weighted by atomic mass is 16.6. The Morgan fingerprint density at radius 2 is 2.00 bits per heavy atom. The standard InChI is InChI=1S/C15H24N2O4/c1-4-11(5-2)13(18)10-16-12-8-7-9-14(21-6-3)15(12)17(19)20/h7-9,11,13,16,18H,4-6,10H2,1-3H3. The van der Waals surface area contributed by atoms with Gasteiger partial charge in [-0.2, -0.15) is 0 Å². The van der Waals surface area contributed by atoms with Gasteiger partial charge in [0.05, 0.1) is 17.6 Å². The summed E-state index contributed by atoms with van der Waals surface area (Å²) in [5, 5.41) is 24.3. The topological polar surface area (TPSA) is 84.6 Å². The van der Waals surface area contributed by atoms with Crippen LogP contribution in [0.2, 0.25) is 0 Å². The van der Waals surface area contributed by atoms with E-state index in [1.165, 1.54) is 0 Å². The van der Waals surface area contributed by atoms with Gasteiger partial charge in [0.25, 0.3) is 0 Å². The third-order valence-corrected chi connectivity index (χ3v) is 3.58. The van der Waals surface area contributed by atoms with Crippen LogP contribution in [0, 0.1) is 16.0 Å². The van der Waals surface area contributed by atoms with Gasteiger partial charge in [-0.15, -0.1) is 0 Å². The molecular weight excluding hydrogens is 272 g/mol. The second kappa shape index (κ2) is 8.46. The van der Waals surface area contributed by atoms with Crippen molar-refractivity contribution in [2.75, 3.05) is 18.5 Å². The van der Waals surface area contributed by atoms with E-state index in [1.807, 2.05) is 13.8 Å². The number of nitrogens with one attached hydrogen (secondary N) is 1. The van der Waals surface area contributed by atoms with Gasteiger partial charge in [0.15, 0.2) is 5.75 Å². The van der Waals surface area contributed by atoms with Crippen LogP contribution in [0.15, 0.2) is 18.2 Å². The van der Waals surface area contributed by atoms with Crippen molar-refractivity contribution in [3.05, 3.63) is 28.3 Å². The lowest BCUT2D eigenvalue weighted by molar-refractivity contribution is -0.384. The number of nitro benzene ring substituents is 1. The summed E-state index contributed by atoms with van der Waals surface area (Å²) in [4.78, 5) is 10.8. The zero-order valence-corrected chi connectivity index (χ0v) is 12.8. The largest absolute Gasteiger partial charge is 0.487 e. The van der Waals surface area contributed by atoms with E-state index in [4.69, 9.17) is 4.74 Å².